The summed E-state index contributed by atoms with van der Waals surface area (Å²) < 4.78 is 35.1. The van der Waals surface area contributed by atoms with Crippen molar-refractivity contribution in [2.75, 3.05) is 0 Å². The van der Waals surface area contributed by atoms with Crippen LogP contribution >= 0.6 is 0 Å². The van der Waals surface area contributed by atoms with E-state index in [0.29, 0.717) is 5.76 Å². The van der Waals surface area contributed by atoms with Crippen molar-refractivity contribution in [2.24, 2.45) is 0 Å². The molecule has 5 heteroatoms. The molecule has 0 aliphatic rings. The van der Waals surface area contributed by atoms with E-state index in [1.165, 1.54) is 6.07 Å². The monoisotopic (exact) mass is 161 g/mol. The molecule has 0 saturated heterocycles. The van der Waals surface area contributed by atoms with Gasteiger partial charge in [0.05, 0.1) is 0 Å². The lowest BCUT2D eigenvalue weighted by molar-refractivity contribution is 0.386. The number of hydrogen-bond donors (Lipinski definition) is 0. The predicted molar refractivity (Wildman–Crippen MR) is 31.4 cm³/mol. The van der Waals surface area contributed by atoms with Crippen molar-refractivity contribution in [3.8, 4) is 0 Å². The zero-order chi connectivity index (χ0) is 7.78. The summed E-state index contributed by atoms with van der Waals surface area (Å²) in [6, 6.07) is 2.56. The van der Waals surface area contributed by atoms with E-state index in [0.717, 1.165) is 6.07 Å². The molecule has 0 N–H and O–H groups in total. The average molecular weight is 161 g/mol. The lowest BCUT2D eigenvalue weighted by Crippen LogP contribution is -1.95. The molecule has 0 radical (unpaired) electrons. The molecule has 0 saturated carbocycles. The molecule has 0 bridgehead atoms. The van der Waals surface area contributed by atoms with Gasteiger partial charge in [-0.15, -0.1) is 0 Å². The lowest BCUT2D eigenvalue weighted by Gasteiger charge is -1.99. The van der Waals surface area contributed by atoms with Crippen LogP contribution in [0.3, 0.4) is 0 Å². The van der Waals surface area contributed by atoms with Crippen LogP contribution < -0.4 is 0 Å². The Morgan fingerprint density at radius 3 is 2.30 bits per heavy atom. The van der Waals surface area contributed by atoms with E-state index in [-0.39, 0.29) is 0 Å². The van der Waals surface area contributed by atoms with Crippen LogP contribution in [0.1, 0.15) is 5.76 Å². The SMILES string of the molecule is Cc1ccc(S(=O)(=O)[O-])o1. The second kappa shape index (κ2) is 2.10. The number of furan rings is 1. The zero-order valence-electron chi connectivity index (χ0n) is 5.20. The van der Waals surface area contributed by atoms with Crippen molar-refractivity contribution in [1.82, 2.24) is 0 Å². The number of hydrogen-bond acceptors (Lipinski definition) is 4. The summed E-state index contributed by atoms with van der Waals surface area (Å²) in [4.78, 5) is 0. The summed E-state index contributed by atoms with van der Waals surface area (Å²) in [6.07, 6.45) is 0. The van der Waals surface area contributed by atoms with Crippen LogP contribution in [0.2, 0.25) is 0 Å². The predicted octanol–water partition coefficient (Wildman–Crippen LogP) is 0.492. The minimum Gasteiger partial charge on any atom is -0.742 e. The summed E-state index contributed by atoms with van der Waals surface area (Å²) >= 11 is 0. The first-order chi connectivity index (χ1) is 4.50. The summed E-state index contributed by atoms with van der Waals surface area (Å²) in [5, 5.41) is -0.523. The van der Waals surface area contributed by atoms with Gasteiger partial charge in [-0.2, -0.15) is 0 Å². The van der Waals surface area contributed by atoms with Gasteiger partial charge in [-0.25, -0.2) is 8.42 Å². The summed E-state index contributed by atoms with van der Waals surface area (Å²) in [7, 11) is -4.40. The van der Waals surface area contributed by atoms with Gasteiger partial charge in [0.2, 0.25) is 5.09 Å². The highest BCUT2D eigenvalue weighted by atomic mass is 32.2. The van der Waals surface area contributed by atoms with Crippen LogP contribution in [0.15, 0.2) is 21.6 Å². The molecule has 0 aromatic carbocycles. The van der Waals surface area contributed by atoms with Crippen molar-refractivity contribution >= 4 is 10.1 Å². The topological polar surface area (TPSA) is 70.3 Å². The van der Waals surface area contributed by atoms with Crippen molar-refractivity contribution in [3.05, 3.63) is 17.9 Å². The Morgan fingerprint density at radius 1 is 1.50 bits per heavy atom. The number of rotatable bonds is 1. The van der Waals surface area contributed by atoms with Gasteiger partial charge in [-0.05, 0) is 19.1 Å². The molecule has 1 rings (SSSR count). The molecule has 0 aliphatic heterocycles. The van der Waals surface area contributed by atoms with E-state index >= 15 is 0 Å². The Labute approximate surface area is 58.2 Å². The molecule has 4 nitrogen and oxygen atoms in total. The minimum absolute atomic E-state index is 0.412. The van der Waals surface area contributed by atoms with Gasteiger partial charge in [-0.1, -0.05) is 0 Å². The Bertz CT molecular complexity index is 321. The molecule has 56 valence electrons. The van der Waals surface area contributed by atoms with E-state index in [2.05, 4.69) is 4.42 Å². The second-order valence-corrected chi connectivity index (χ2v) is 3.13. The maximum Gasteiger partial charge on any atom is 0.205 e. The first kappa shape index (κ1) is 7.30. The van der Waals surface area contributed by atoms with E-state index in [1.807, 2.05) is 0 Å². The molecular formula is C5H5O4S-. The van der Waals surface area contributed by atoms with Crippen molar-refractivity contribution < 1.29 is 17.4 Å². The zero-order valence-corrected chi connectivity index (χ0v) is 6.01. The van der Waals surface area contributed by atoms with Crippen molar-refractivity contribution in [2.45, 2.75) is 12.0 Å². The van der Waals surface area contributed by atoms with Gasteiger partial charge >= 0.3 is 0 Å². The van der Waals surface area contributed by atoms with Crippen LogP contribution in [-0.2, 0) is 10.1 Å². The minimum atomic E-state index is -4.40. The third-order valence-corrected chi connectivity index (χ3v) is 1.67. The van der Waals surface area contributed by atoms with Gasteiger partial charge < -0.3 is 8.97 Å². The smallest absolute Gasteiger partial charge is 0.205 e. The lowest BCUT2D eigenvalue weighted by atomic mass is 10.5. The van der Waals surface area contributed by atoms with Gasteiger partial charge in [0.25, 0.3) is 0 Å². The molecule has 1 aromatic rings. The maximum atomic E-state index is 10.2. The van der Waals surface area contributed by atoms with Gasteiger partial charge in [0.1, 0.15) is 5.76 Å². The first-order valence-electron chi connectivity index (χ1n) is 2.52. The van der Waals surface area contributed by atoms with Crippen LogP contribution in [0.5, 0.6) is 0 Å². The Balaban J connectivity index is 3.21. The molecule has 10 heavy (non-hydrogen) atoms. The van der Waals surface area contributed by atoms with Crippen LogP contribution in [0, 0.1) is 6.92 Å². The molecule has 0 aliphatic carbocycles. The van der Waals surface area contributed by atoms with Gasteiger partial charge in [0.15, 0.2) is 10.1 Å². The van der Waals surface area contributed by atoms with Crippen molar-refractivity contribution in [1.29, 1.82) is 0 Å². The summed E-state index contributed by atoms with van der Waals surface area (Å²) in [5.74, 6) is 0.412. The van der Waals surface area contributed by atoms with Gasteiger partial charge in [0, 0.05) is 0 Å². The Hall–Kier alpha value is -0.810. The molecule has 0 spiro atoms. The fourth-order valence-corrected chi connectivity index (χ4v) is 1.01. The molecule has 0 unspecified atom stereocenters. The molecule has 1 heterocycles. The summed E-state index contributed by atoms with van der Waals surface area (Å²) in [5.41, 5.74) is 0. The van der Waals surface area contributed by atoms with E-state index in [4.69, 9.17) is 0 Å². The standard InChI is InChI=1S/C5H6O4S/c1-4-2-3-5(9-4)10(6,7)8/h2-3H,1H3,(H,6,7,8)/p-1. The van der Waals surface area contributed by atoms with Crippen LogP contribution in [-0.4, -0.2) is 13.0 Å². The van der Waals surface area contributed by atoms with Crippen LogP contribution in [0.4, 0.5) is 0 Å². The Morgan fingerprint density at radius 2 is 2.10 bits per heavy atom. The summed E-state index contributed by atoms with van der Waals surface area (Å²) in [6.45, 7) is 1.56. The third-order valence-electron chi connectivity index (χ3n) is 0.962. The maximum absolute atomic E-state index is 10.2. The van der Waals surface area contributed by atoms with Crippen molar-refractivity contribution in [3.63, 3.8) is 0 Å². The fraction of sp³-hybridized carbons (Fsp3) is 0.200. The Kier molecular flexibility index (Phi) is 1.53. The van der Waals surface area contributed by atoms with E-state index in [1.54, 1.807) is 6.92 Å². The molecule has 1 aromatic heterocycles. The molecule has 0 fully saturated rings. The number of aryl methyl sites for hydroxylation is 1. The molecule has 0 atom stereocenters. The first-order valence-corrected chi connectivity index (χ1v) is 3.93. The van der Waals surface area contributed by atoms with E-state index < -0.39 is 15.2 Å². The molecule has 0 amide bonds. The normalized spacial score (nSPS) is 11.8. The highest BCUT2D eigenvalue weighted by molar-refractivity contribution is 7.85. The van der Waals surface area contributed by atoms with Crippen LogP contribution in [0.25, 0.3) is 0 Å². The highest BCUT2D eigenvalue weighted by Gasteiger charge is 2.03. The van der Waals surface area contributed by atoms with Gasteiger partial charge in [-0.3, -0.25) is 0 Å². The average Bonchev–Trinajstić information content (AvgIpc) is 2.11. The van der Waals surface area contributed by atoms with E-state index in [9.17, 15) is 13.0 Å². The third kappa shape index (κ3) is 1.37. The second-order valence-electron chi connectivity index (χ2n) is 1.82. The fourth-order valence-electron chi connectivity index (χ4n) is 0.546. The highest BCUT2D eigenvalue weighted by Crippen LogP contribution is 2.11. The largest absolute Gasteiger partial charge is 0.742 e. The molecular weight excluding hydrogens is 156 g/mol. The quantitative estimate of drug-likeness (QED) is 0.562.